The Bertz CT molecular complexity index is 368. The van der Waals surface area contributed by atoms with Crippen LogP contribution >= 0.6 is 90.4 Å². The molecule has 0 amide bonds. The molecule has 78 valence electrons. The molecule has 0 saturated heterocycles. The fourth-order valence-corrected chi connectivity index (χ4v) is 4.63. The number of hydrogen-bond acceptors (Lipinski definition) is 1. The predicted octanol–water partition coefficient (Wildman–Crippen LogP) is 4.80. The minimum absolute atomic E-state index is 0.126. The van der Waals surface area contributed by atoms with E-state index >= 15 is 0 Å². The Balaban J connectivity index is 3.49. The lowest BCUT2D eigenvalue weighted by Crippen LogP contribution is -2.18. The third-order valence-electron chi connectivity index (χ3n) is 1.69. The van der Waals surface area contributed by atoms with Crippen molar-refractivity contribution in [1.82, 2.24) is 4.98 Å². The molecule has 0 atom stereocenters. The largest absolute Gasteiger partial charge is 0.244 e. The molecule has 0 bridgehead atoms. The smallest absolute Gasteiger partial charge is 0.116 e. The van der Waals surface area contributed by atoms with Crippen LogP contribution in [0.15, 0.2) is 0 Å². The van der Waals surface area contributed by atoms with Crippen LogP contribution in [0.2, 0.25) is 0 Å². The van der Waals surface area contributed by atoms with E-state index < -0.39 is 0 Å². The zero-order chi connectivity index (χ0) is 11.1. The van der Waals surface area contributed by atoms with Gasteiger partial charge in [-0.25, -0.2) is 4.98 Å². The highest BCUT2D eigenvalue weighted by Crippen LogP contribution is 2.32. The summed E-state index contributed by atoms with van der Waals surface area (Å²) in [4.78, 5) is 4.67. The van der Waals surface area contributed by atoms with Crippen molar-refractivity contribution in [3.05, 3.63) is 20.1 Å². The first-order valence-corrected chi connectivity index (χ1v) is 8.27. The molecule has 0 N–H and O–H groups in total. The van der Waals surface area contributed by atoms with E-state index in [1.807, 2.05) is 0 Å². The van der Waals surface area contributed by atoms with Gasteiger partial charge in [0.15, 0.2) is 0 Å². The predicted molar refractivity (Wildman–Crippen MR) is 93.8 cm³/mol. The molecule has 0 saturated carbocycles. The van der Waals surface area contributed by atoms with Crippen molar-refractivity contribution in [2.24, 2.45) is 0 Å². The molecule has 1 heterocycles. The maximum absolute atomic E-state index is 4.67. The van der Waals surface area contributed by atoms with Crippen LogP contribution in [0, 0.1) is 14.4 Å². The van der Waals surface area contributed by atoms with E-state index in [0.29, 0.717) is 0 Å². The molecular formula is C9H9I4N. The molecule has 0 aliphatic rings. The summed E-state index contributed by atoms with van der Waals surface area (Å²) in [6.07, 6.45) is 0. The third kappa shape index (κ3) is 3.05. The molecule has 0 unspecified atom stereocenters. The molecule has 1 aromatic heterocycles. The minimum Gasteiger partial charge on any atom is -0.244 e. The van der Waals surface area contributed by atoms with Crippen molar-refractivity contribution in [2.75, 3.05) is 0 Å². The fraction of sp³-hybridized carbons (Fsp3) is 0.444. The van der Waals surface area contributed by atoms with Crippen molar-refractivity contribution < 1.29 is 0 Å². The van der Waals surface area contributed by atoms with Crippen LogP contribution in [0.3, 0.4) is 0 Å². The highest BCUT2D eigenvalue weighted by atomic mass is 127. The molecule has 0 fully saturated rings. The average molecular weight is 639 g/mol. The van der Waals surface area contributed by atoms with Crippen LogP contribution < -0.4 is 0 Å². The van der Waals surface area contributed by atoms with Crippen LogP contribution in [0.1, 0.15) is 26.5 Å². The van der Waals surface area contributed by atoms with E-state index in [-0.39, 0.29) is 5.41 Å². The van der Waals surface area contributed by atoms with E-state index in [9.17, 15) is 0 Å². The van der Waals surface area contributed by atoms with Crippen molar-refractivity contribution in [1.29, 1.82) is 0 Å². The van der Waals surface area contributed by atoms with E-state index in [0.717, 1.165) is 3.70 Å². The summed E-state index contributed by atoms with van der Waals surface area (Å²) in [5.74, 6) is 0. The zero-order valence-electron chi connectivity index (χ0n) is 7.96. The number of hydrogen-bond donors (Lipinski definition) is 0. The first-order chi connectivity index (χ1) is 6.25. The van der Waals surface area contributed by atoms with Gasteiger partial charge >= 0.3 is 0 Å². The topological polar surface area (TPSA) is 12.9 Å². The second-order valence-corrected chi connectivity index (χ2v) is 8.20. The van der Waals surface area contributed by atoms with Crippen LogP contribution in [-0.2, 0) is 5.41 Å². The van der Waals surface area contributed by atoms with Gasteiger partial charge in [0.25, 0.3) is 0 Å². The van der Waals surface area contributed by atoms with E-state index in [1.165, 1.54) is 16.4 Å². The summed E-state index contributed by atoms with van der Waals surface area (Å²) in [6, 6.07) is 0. The van der Waals surface area contributed by atoms with Crippen molar-refractivity contribution >= 4 is 90.4 Å². The molecule has 5 heteroatoms. The summed E-state index contributed by atoms with van der Waals surface area (Å²) in [6.45, 7) is 6.61. The molecule has 0 radical (unpaired) electrons. The summed E-state index contributed by atoms with van der Waals surface area (Å²) in [7, 11) is 0. The Morgan fingerprint density at radius 1 is 0.857 bits per heavy atom. The lowest BCUT2D eigenvalue weighted by Gasteiger charge is -2.21. The SMILES string of the molecule is CC(C)(C)c1nc(I)c(I)c(I)c1I. The van der Waals surface area contributed by atoms with Gasteiger partial charge in [-0.05, 0) is 90.4 Å². The molecule has 1 aromatic rings. The second-order valence-electron chi connectivity index (χ2n) is 3.94. The zero-order valence-corrected chi connectivity index (χ0v) is 16.6. The Kier molecular flexibility index (Phi) is 5.20. The second kappa shape index (κ2) is 5.15. The average Bonchev–Trinajstić information content (AvgIpc) is 2.06. The maximum Gasteiger partial charge on any atom is 0.116 e. The van der Waals surface area contributed by atoms with Gasteiger partial charge in [0.1, 0.15) is 3.70 Å². The van der Waals surface area contributed by atoms with Gasteiger partial charge < -0.3 is 0 Å². The number of nitrogens with zero attached hydrogens (tertiary/aromatic N) is 1. The van der Waals surface area contributed by atoms with Crippen LogP contribution in [0.5, 0.6) is 0 Å². The van der Waals surface area contributed by atoms with Crippen LogP contribution in [-0.4, -0.2) is 4.98 Å². The molecular weight excluding hydrogens is 630 g/mol. The van der Waals surface area contributed by atoms with Crippen LogP contribution in [0.4, 0.5) is 0 Å². The molecule has 0 aliphatic carbocycles. The van der Waals surface area contributed by atoms with Gasteiger partial charge in [-0.1, -0.05) is 20.8 Å². The summed E-state index contributed by atoms with van der Waals surface area (Å²) < 4.78 is 4.99. The fourth-order valence-electron chi connectivity index (χ4n) is 0.984. The molecule has 0 aromatic carbocycles. The maximum atomic E-state index is 4.67. The highest BCUT2D eigenvalue weighted by molar-refractivity contribution is 14.1. The van der Waals surface area contributed by atoms with Gasteiger partial charge in [0, 0.05) is 12.6 Å². The van der Waals surface area contributed by atoms with Crippen molar-refractivity contribution in [2.45, 2.75) is 26.2 Å². The first-order valence-electron chi connectivity index (χ1n) is 3.95. The Morgan fingerprint density at radius 3 is 1.79 bits per heavy atom. The molecule has 14 heavy (non-hydrogen) atoms. The van der Waals surface area contributed by atoms with Gasteiger partial charge in [0.05, 0.1) is 9.26 Å². The summed E-state index contributed by atoms with van der Waals surface area (Å²) in [5.41, 5.74) is 1.33. The number of rotatable bonds is 0. The van der Waals surface area contributed by atoms with Crippen molar-refractivity contribution in [3.63, 3.8) is 0 Å². The van der Waals surface area contributed by atoms with Gasteiger partial charge in [-0.15, -0.1) is 0 Å². The van der Waals surface area contributed by atoms with Crippen LogP contribution in [0.25, 0.3) is 0 Å². The van der Waals surface area contributed by atoms with Gasteiger partial charge in [-0.2, -0.15) is 0 Å². The Hall–Kier alpha value is 2.07. The lowest BCUT2D eigenvalue weighted by molar-refractivity contribution is 0.562. The summed E-state index contributed by atoms with van der Waals surface area (Å²) in [5, 5.41) is 0. The molecule has 0 aliphatic heterocycles. The van der Waals surface area contributed by atoms with E-state index in [2.05, 4.69) is 116 Å². The van der Waals surface area contributed by atoms with Crippen molar-refractivity contribution in [3.8, 4) is 0 Å². The Morgan fingerprint density at radius 2 is 1.36 bits per heavy atom. The van der Waals surface area contributed by atoms with E-state index in [1.54, 1.807) is 0 Å². The standard InChI is InChI=1S/C9H9I4N/c1-9(2,3)7-5(11)4(10)6(12)8(13)14-7/h1-3H3. The quantitative estimate of drug-likeness (QED) is 0.294. The normalized spacial score (nSPS) is 11.9. The van der Waals surface area contributed by atoms with E-state index in [4.69, 9.17) is 0 Å². The lowest BCUT2D eigenvalue weighted by atomic mass is 9.92. The highest BCUT2D eigenvalue weighted by Gasteiger charge is 2.23. The monoisotopic (exact) mass is 639 g/mol. The first kappa shape index (κ1) is 14.1. The molecule has 0 spiro atoms. The number of aromatic nitrogens is 1. The Labute approximate surface area is 139 Å². The summed E-state index contributed by atoms with van der Waals surface area (Å²) >= 11 is 9.46. The molecule has 1 nitrogen and oxygen atoms in total. The minimum atomic E-state index is 0.126. The van der Waals surface area contributed by atoms with Gasteiger partial charge in [0.2, 0.25) is 0 Å². The third-order valence-corrected chi connectivity index (χ3v) is 8.75. The number of halogens is 4. The number of pyridine rings is 1. The van der Waals surface area contributed by atoms with Gasteiger partial charge in [-0.3, -0.25) is 0 Å². The molecule has 1 rings (SSSR count).